The fraction of sp³-hybridized carbons (Fsp3) is 0.167. The van der Waals surface area contributed by atoms with Crippen molar-refractivity contribution in [1.82, 2.24) is 10.3 Å². The summed E-state index contributed by atoms with van der Waals surface area (Å²) < 4.78 is 0.533. The molecule has 0 aliphatic rings. The van der Waals surface area contributed by atoms with Crippen LogP contribution in [0.15, 0.2) is 30.5 Å². The van der Waals surface area contributed by atoms with Crippen molar-refractivity contribution in [2.75, 3.05) is 12.4 Å². The lowest BCUT2D eigenvalue weighted by Gasteiger charge is -2.06. The van der Waals surface area contributed by atoms with E-state index < -0.39 is 0 Å². The first-order valence-corrected chi connectivity index (χ1v) is 6.54. The van der Waals surface area contributed by atoms with Crippen LogP contribution in [0, 0.1) is 0 Å². The average molecular weight is 282 g/mol. The molecule has 0 unspecified atom stereocenters. The number of carbonyl (C=O) groups excluding carboxylic acids is 1. The molecular weight excluding hydrogens is 270 g/mol. The van der Waals surface area contributed by atoms with Gasteiger partial charge in [0, 0.05) is 29.4 Å². The third-order valence-corrected chi connectivity index (χ3v) is 3.46. The number of hydrogen-bond acceptors (Lipinski definition) is 4. The molecule has 0 aliphatic heterocycles. The van der Waals surface area contributed by atoms with E-state index in [9.17, 15) is 4.79 Å². The van der Waals surface area contributed by atoms with E-state index in [2.05, 4.69) is 15.6 Å². The van der Waals surface area contributed by atoms with Gasteiger partial charge in [0.15, 0.2) is 4.47 Å². The van der Waals surface area contributed by atoms with E-state index >= 15 is 0 Å². The van der Waals surface area contributed by atoms with E-state index in [4.69, 9.17) is 11.6 Å². The van der Waals surface area contributed by atoms with Gasteiger partial charge in [0.05, 0.1) is 6.54 Å². The lowest BCUT2D eigenvalue weighted by molar-refractivity contribution is 0.0963. The van der Waals surface area contributed by atoms with E-state index in [1.165, 1.54) is 11.3 Å². The summed E-state index contributed by atoms with van der Waals surface area (Å²) in [5.74, 6) is -0.0977. The highest BCUT2D eigenvalue weighted by molar-refractivity contribution is 7.15. The third-order valence-electron chi connectivity index (χ3n) is 2.34. The molecule has 2 rings (SSSR count). The molecule has 0 saturated carbocycles. The maximum Gasteiger partial charge on any atom is 0.251 e. The van der Waals surface area contributed by atoms with Crippen LogP contribution in [0.4, 0.5) is 5.69 Å². The number of amides is 1. The smallest absolute Gasteiger partial charge is 0.251 e. The van der Waals surface area contributed by atoms with Crippen molar-refractivity contribution in [2.24, 2.45) is 0 Å². The standard InChI is InChI=1S/C12H12ClN3OS/c1-14-11(17)8-3-2-4-9(5-8)15-6-10-7-16-12(13)18-10/h2-5,7,15H,6H2,1H3,(H,14,17). The van der Waals surface area contributed by atoms with Crippen LogP contribution in [-0.4, -0.2) is 17.9 Å². The highest BCUT2D eigenvalue weighted by atomic mass is 35.5. The first-order valence-electron chi connectivity index (χ1n) is 5.35. The zero-order chi connectivity index (χ0) is 13.0. The van der Waals surface area contributed by atoms with Crippen LogP contribution in [0.25, 0.3) is 0 Å². The molecule has 0 spiro atoms. The van der Waals surface area contributed by atoms with Crippen LogP contribution in [0.3, 0.4) is 0 Å². The molecule has 2 N–H and O–H groups in total. The average Bonchev–Trinajstić information content (AvgIpc) is 2.81. The molecule has 0 atom stereocenters. The van der Waals surface area contributed by atoms with Gasteiger partial charge < -0.3 is 10.6 Å². The number of nitrogens with zero attached hydrogens (tertiary/aromatic N) is 1. The molecule has 94 valence electrons. The molecule has 0 fully saturated rings. The number of anilines is 1. The monoisotopic (exact) mass is 281 g/mol. The van der Waals surface area contributed by atoms with E-state index in [1.807, 2.05) is 18.2 Å². The number of hydrogen-bond donors (Lipinski definition) is 2. The lowest BCUT2D eigenvalue weighted by Crippen LogP contribution is -2.17. The van der Waals surface area contributed by atoms with Gasteiger partial charge in [-0.1, -0.05) is 17.7 Å². The van der Waals surface area contributed by atoms with Gasteiger partial charge in [-0.15, -0.1) is 11.3 Å². The van der Waals surface area contributed by atoms with E-state index in [0.29, 0.717) is 16.6 Å². The van der Waals surface area contributed by atoms with Crippen molar-refractivity contribution in [1.29, 1.82) is 0 Å². The minimum Gasteiger partial charge on any atom is -0.380 e. The predicted octanol–water partition coefficient (Wildman–Crippen LogP) is 2.77. The van der Waals surface area contributed by atoms with E-state index in [0.717, 1.165) is 10.6 Å². The highest BCUT2D eigenvalue weighted by Gasteiger charge is 2.04. The summed E-state index contributed by atoms with van der Waals surface area (Å²) in [5.41, 5.74) is 1.52. The maximum absolute atomic E-state index is 11.5. The molecule has 2 aromatic rings. The number of nitrogens with one attached hydrogen (secondary N) is 2. The Bertz CT molecular complexity index is 556. The number of rotatable bonds is 4. The van der Waals surface area contributed by atoms with Gasteiger partial charge in [-0.2, -0.15) is 0 Å². The number of halogens is 1. The summed E-state index contributed by atoms with van der Waals surface area (Å²) in [5, 5.41) is 5.82. The van der Waals surface area contributed by atoms with Crippen molar-refractivity contribution in [2.45, 2.75) is 6.54 Å². The van der Waals surface area contributed by atoms with Gasteiger partial charge in [-0.25, -0.2) is 4.98 Å². The molecule has 0 radical (unpaired) electrons. The highest BCUT2D eigenvalue weighted by Crippen LogP contribution is 2.19. The maximum atomic E-state index is 11.5. The normalized spacial score (nSPS) is 10.1. The Kier molecular flexibility index (Phi) is 4.17. The van der Waals surface area contributed by atoms with Crippen molar-refractivity contribution in [3.8, 4) is 0 Å². The Balaban J connectivity index is 2.03. The molecule has 0 aliphatic carbocycles. The largest absolute Gasteiger partial charge is 0.380 e. The SMILES string of the molecule is CNC(=O)c1cccc(NCc2cnc(Cl)s2)c1. The lowest BCUT2D eigenvalue weighted by atomic mass is 10.2. The summed E-state index contributed by atoms with van der Waals surface area (Å²) >= 11 is 7.19. The number of thiazole rings is 1. The Hall–Kier alpha value is -1.59. The Morgan fingerprint density at radius 3 is 3.00 bits per heavy atom. The van der Waals surface area contributed by atoms with Crippen LogP contribution >= 0.6 is 22.9 Å². The van der Waals surface area contributed by atoms with Gasteiger partial charge in [0.1, 0.15) is 0 Å². The van der Waals surface area contributed by atoms with Gasteiger partial charge in [0.25, 0.3) is 5.91 Å². The van der Waals surface area contributed by atoms with Crippen molar-refractivity contribution in [3.05, 3.63) is 45.4 Å². The summed E-state index contributed by atoms with van der Waals surface area (Å²) in [6.45, 7) is 0.640. The first kappa shape index (κ1) is 12.9. The number of benzene rings is 1. The Morgan fingerprint density at radius 1 is 1.50 bits per heavy atom. The zero-order valence-electron chi connectivity index (χ0n) is 9.74. The number of aromatic nitrogens is 1. The van der Waals surface area contributed by atoms with Gasteiger partial charge in [-0.05, 0) is 18.2 Å². The van der Waals surface area contributed by atoms with Crippen LogP contribution in [-0.2, 0) is 6.54 Å². The quantitative estimate of drug-likeness (QED) is 0.906. The molecule has 0 saturated heterocycles. The minimum atomic E-state index is -0.0977. The second kappa shape index (κ2) is 5.84. The minimum absolute atomic E-state index is 0.0977. The molecule has 4 nitrogen and oxygen atoms in total. The summed E-state index contributed by atoms with van der Waals surface area (Å²) in [4.78, 5) is 16.5. The van der Waals surface area contributed by atoms with Crippen LogP contribution in [0.5, 0.6) is 0 Å². The zero-order valence-corrected chi connectivity index (χ0v) is 11.3. The van der Waals surface area contributed by atoms with Crippen molar-refractivity contribution >= 4 is 34.5 Å². The van der Waals surface area contributed by atoms with E-state index in [1.54, 1.807) is 19.3 Å². The second-order valence-corrected chi connectivity index (χ2v) is 5.29. The Morgan fingerprint density at radius 2 is 2.33 bits per heavy atom. The topological polar surface area (TPSA) is 54.0 Å². The third kappa shape index (κ3) is 3.21. The second-order valence-electron chi connectivity index (χ2n) is 3.59. The molecule has 6 heteroatoms. The number of carbonyl (C=O) groups is 1. The van der Waals surface area contributed by atoms with Crippen molar-refractivity contribution < 1.29 is 4.79 Å². The van der Waals surface area contributed by atoms with Crippen molar-refractivity contribution in [3.63, 3.8) is 0 Å². The van der Waals surface area contributed by atoms with Crippen LogP contribution < -0.4 is 10.6 Å². The summed E-state index contributed by atoms with van der Waals surface area (Å²) in [7, 11) is 1.61. The summed E-state index contributed by atoms with van der Waals surface area (Å²) in [6, 6.07) is 7.33. The van der Waals surface area contributed by atoms with Gasteiger partial charge >= 0.3 is 0 Å². The fourth-order valence-corrected chi connectivity index (χ4v) is 2.39. The molecule has 0 bridgehead atoms. The first-order chi connectivity index (χ1) is 8.69. The molecular formula is C12H12ClN3OS. The van der Waals surface area contributed by atoms with Gasteiger partial charge in [0.2, 0.25) is 0 Å². The van der Waals surface area contributed by atoms with Crippen LogP contribution in [0.1, 0.15) is 15.2 Å². The molecule has 1 aromatic heterocycles. The van der Waals surface area contributed by atoms with E-state index in [-0.39, 0.29) is 5.91 Å². The fourth-order valence-electron chi connectivity index (χ4n) is 1.47. The molecule has 1 heterocycles. The molecule has 1 amide bonds. The Labute approximate surface area is 114 Å². The molecule has 18 heavy (non-hydrogen) atoms. The predicted molar refractivity (Wildman–Crippen MR) is 74.3 cm³/mol. The summed E-state index contributed by atoms with van der Waals surface area (Å²) in [6.07, 6.45) is 1.74. The molecule has 1 aromatic carbocycles. The van der Waals surface area contributed by atoms with Gasteiger partial charge in [-0.3, -0.25) is 4.79 Å². The van der Waals surface area contributed by atoms with Crippen LogP contribution in [0.2, 0.25) is 4.47 Å².